The van der Waals surface area contributed by atoms with E-state index in [2.05, 4.69) is 0 Å². The molecule has 1 amide bonds. The molecule has 0 N–H and O–H groups in total. The van der Waals surface area contributed by atoms with Gasteiger partial charge in [-0.05, 0) is 43.7 Å². The number of halogens is 2. The standard InChI is InChI=1S/C17H23F2NO2/c1-22-11-9-17(21)20-10-3-4-13(12-20)7-8-14-15(18)5-2-6-16(14)19/h2,5-6,13H,3-4,7-12H2,1H3/t13-/m1/s1. The van der Waals surface area contributed by atoms with Crippen LogP contribution in [0.5, 0.6) is 0 Å². The second-order valence-electron chi connectivity index (χ2n) is 5.83. The molecule has 122 valence electrons. The maximum Gasteiger partial charge on any atom is 0.224 e. The minimum Gasteiger partial charge on any atom is -0.384 e. The summed E-state index contributed by atoms with van der Waals surface area (Å²) in [7, 11) is 1.58. The zero-order valence-electron chi connectivity index (χ0n) is 13.0. The molecular formula is C17H23F2NO2. The molecule has 0 radical (unpaired) electrons. The maximum atomic E-state index is 13.6. The number of likely N-dealkylation sites (tertiary alicyclic amines) is 1. The quantitative estimate of drug-likeness (QED) is 0.807. The van der Waals surface area contributed by atoms with E-state index in [4.69, 9.17) is 4.74 Å². The van der Waals surface area contributed by atoms with E-state index in [0.29, 0.717) is 38.3 Å². The number of methoxy groups -OCH3 is 1. The Morgan fingerprint density at radius 2 is 2.09 bits per heavy atom. The van der Waals surface area contributed by atoms with Crippen LogP contribution >= 0.6 is 0 Å². The van der Waals surface area contributed by atoms with Gasteiger partial charge in [-0.25, -0.2) is 8.78 Å². The molecule has 5 heteroatoms. The largest absolute Gasteiger partial charge is 0.384 e. The van der Waals surface area contributed by atoms with Gasteiger partial charge in [0.05, 0.1) is 13.0 Å². The van der Waals surface area contributed by atoms with Crippen LogP contribution in [0.15, 0.2) is 18.2 Å². The zero-order chi connectivity index (χ0) is 15.9. The third-order valence-electron chi connectivity index (χ3n) is 4.26. The Bertz CT molecular complexity index is 487. The fraction of sp³-hybridized carbons (Fsp3) is 0.588. The van der Waals surface area contributed by atoms with Crippen molar-refractivity contribution < 1.29 is 18.3 Å². The van der Waals surface area contributed by atoms with E-state index in [0.717, 1.165) is 19.4 Å². The normalized spacial score (nSPS) is 18.5. The van der Waals surface area contributed by atoms with Gasteiger partial charge in [-0.3, -0.25) is 4.79 Å². The van der Waals surface area contributed by atoms with Crippen molar-refractivity contribution in [3.8, 4) is 0 Å². The average molecular weight is 311 g/mol. The van der Waals surface area contributed by atoms with Crippen LogP contribution in [0.25, 0.3) is 0 Å². The van der Waals surface area contributed by atoms with Gasteiger partial charge in [0, 0.05) is 25.8 Å². The number of benzene rings is 1. The molecule has 1 saturated heterocycles. The lowest BCUT2D eigenvalue weighted by Gasteiger charge is -2.33. The fourth-order valence-electron chi connectivity index (χ4n) is 2.99. The molecule has 1 aromatic rings. The Labute approximate surface area is 130 Å². The van der Waals surface area contributed by atoms with E-state index in [1.807, 2.05) is 4.90 Å². The molecule has 0 unspecified atom stereocenters. The number of hydrogen-bond acceptors (Lipinski definition) is 2. The van der Waals surface area contributed by atoms with Crippen LogP contribution in [-0.2, 0) is 16.0 Å². The Hall–Kier alpha value is -1.49. The summed E-state index contributed by atoms with van der Waals surface area (Å²) in [6.45, 7) is 1.88. The summed E-state index contributed by atoms with van der Waals surface area (Å²) in [5, 5.41) is 0. The van der Waals surface area contributed by atoms with Crippen molar-refractivity contribution in [2.45, 2.75) is 32.1 Å². The number of ether oxygens (including phenoxy) is 1. The highest BCUT2D eigenvalue weighted by molar-refractivity contribution is 5.76. The van der Waals surface area contributed by atoms with Gasteiger partial charge in [-0.1, -0.05) is 6.07 Å². The third-order valence-corrected chi connectivity index (χ3v) is 4.26. The number of piperidine rings is 1. The van der Waals surface area contributed by atoms with Gasteiger partial charge in [-0.15, -0.1) is 0 Å². The summed E-state index contributed by atoms with van der Waals surface area (Å²) < 4.78 is 32.2. The number of carbonyl (C=O) groups is 1. The van der Waals surface area contributed by atoms with Crippen molar-refractivity contribution in [1.82, 2.24) is 4.90 Å². The first-order valence-electron chi connectivity index (χ1n) is 7.81. The minimum absolute atomic E-state index is 0.101. The van der Waals surface area contributed by atoms with Crippen LogP contribution in [0.4, 0.5) is 8.78 Å². The molecule has 0 spiro atoms. The number of rotatable bonds is 6. The second-order valence-corrected chi connectivity index (χ2v) is 5.83. The van der Waals surface area contributed by atoms with E-state index in [1.165, 1.54) is 18.2 Å². The lowest BCUT2D eigenvalue weighted by atomic mass is 9.91. The lowest BCUT2D eigenvalue weighted by molar-refractivity contribution is -0.134. The molecule has 0 bridgehead atoms. The molecule has 1 atom stereocenters. The van der Waals surface area contributed by atoms with Crippen LogP contribution in [0, 0.1) is 17.6 Å². The third kappa shape index (κ3) is 4.50. The van der Waals surface area contributed by atoms with E-state index in [9.17, 15) is 13.6 Å². The number of carbonyl (C=O) groups excluding carboxylic acids is 1. The van der Waals surface area contributed by atoms with E-state index >= 15 is 0 Å². The molecule has 1 fully saturated rings. The topological polar surface area (TPSA) is 29.5 Å². The highest BCUT2D eigenvalue weighted by Crippen LogP contribution is 2.23. The fourth-order valence-corrected chi connectivity index (χ4v) is 2.99. The molecule has 3 nitrogen and oxygen atoms in total. The molecule has 1 aromatic carbocycles. The summed E-state index contributed by atoms with van der Waals surface area (Å²) >= 11 is 0. The number of nitrogens with zero attached hydrogens (tertiary/aromatic N) is 1. The molecule has 2 rings (SSSR count). The van der Waals surface area contributed by atoms with Crippen LogP contribution in [0.2, 0.25) is 0 Å². The van der Waals surface area contributed by atoms with Crippen LogP contribution in [0.1, 0.15) is 31.2 Å². The minimum atomic E-state index is -0.483. The number of hydrogen-bond donors (Lipinski definition) is 0. The highest BCUT2D eigenvalue weighted by atomic mass is 19.1. The van der Waals surface area contributed by atoms with Gasteiger partial charge >= 0.3 is 0 Å². The van der Waals surface area contributed by atoms with Crippen molar-refractivity contribution in [2.24, 2.45) is 5.92 Å². The van der Waals surface area contributed by atoms with Crippen LogP contribution in [-0.4, -0.2) is 37.6 Å². The predicted molar refractivity (Wildman–Crippen MR) is 80.5 cm³/mol. The first-order valence-corrected chi connectivity index (χ1v) is 7.81. The zero-order valence-corrected chi connectivity index (χ0v) is 13.0. The van der Waals surface area contributed by atoms with E-state index in [-0.39, 0.29) is 11.5 Å². The second kappa shape index (κ2) is 8.22. The molecule has 0 aromatic heterocycles. The van der Waals surface area contributed by atoms with Crippen LogP contribution in [0.3, 0.4) is 0 Å². The van der Waals surface area contributed by atoms with Crippen LogP contribution < -0.4 is 0 Å². The Kier molecular flexibility index (Phi) is 6.31. The highest BCUT2D eigenvalue weighted by Gasteiger charge is 2.23. The van der Waals surface area contributed by atoms with E-state index < -0.39 is 11.6 Å². The summed E-state index contributed by atoms with van der Waals surface area (Å²) in [6.07, 6.45) is 3.42. The molecule has 1 heterocycles. The smallest absolute Gasteiger partial charge is 0.224 e. The molecule has 0 aliphatic carbocycles. The summed E-state index contributed by atoms with van der Waals surface area (Å²) in [5.74, 6) is -0.560. The maximum absolute atomic E-state index is 13.6. The van der Waals surface area contributed by atoms with Gasteiger partial charge in [0.25, 0.3) is 0 Å². The van der Waals surface area contributed by atoms with Gasteiger partial charge < -0.3 is 9.64 Å². The Balaban J connectivity index is 1.86. The molecule has 22 heavy (non-hydrogen) atoms. The number of amides is 1. The molecule has 1 aliphatic heterocycles. The van der Waals surface area contributed by atoms with Crippen molar-refractivity contribution in [1.29, 1.82) is 0 Å². The average Bonchev–Trinajstić information content (AvgIpc) is 2.52. The van der Waals surface area contributed by atoms with Crippen molar-refractivity contribution in [2.75, 3.05) is 26.8 Å². The van der Waals surface area contributed by atoms with Gasteiger partial charge in [0.15, 0.2) is 0 Å². The summed E-state index contributed by atoms with van der Waals surface area (Å²) in [4.78, 5) is 13.9. The van der Waals surface area contributed by atoms with Crippen molar-refractivity contribution >= 4 is 5.91 Å². The van der Waals surface area contributed by atoms with Gasteiger partial charge in [0.1, 0.15) is 11.6 Å². The first-order chi connectivity index (χ1) is 10.6. The monoisotopic (exact) mass is 311 g/mol. The van der Waals surface area contributed by atoms with Gasteiger partial charge in [-0.2, -0.15) is 0 Å². The Morgan fingerprint density at radius 3 is 2.77 bits per heavy atom. The summed E-state index contributed by atoms with van der Waals surface area (Å²) in [6, 6.07) is 3.96. The Morgan fingerprint density at radius 1 is 1.36 bits per heavy atom. The molecule has 1 aliphatic rings. The lowest BCUT2D eigenvalue weighted by Crippen LogP contribution is -2.40. The summed E-state index contributed by atoms with van der Waals surface area (Å²) in [5.41, 5.74) is 0.158. The van der Waals surface area contributed by atoms with Crippen molar-refractivity contribution in [3.63, 3.8) is 0 Å². The molecule has 0 saturated carbocycles. The predicted octanol–water partition coefficient (Wildman–Crippen LogP) is 3.17. The van der Waals surface area contributed by atoms with Gasteiger partial charge in [0.2, 0.25) is 5.91 Å². The molecular weight excluding hydrogens is 288 g/mol. The van der Waals surface area contributed by atoms with Crippen molar-refractivity contribution in [3.05, 3.63) is 35.4 Å². The van der Waals surface area contributed by atoms with E-state index in [1.54, 1.807) is 7.11 Å². The first kappa shape index (κ1) is 16.9. The SMILES string of the molecule is COCCC(=O)N1CCC[C@H](CCc2c(F)cccc2F)C1.